The van der Waals surface area contributed by atoms with Crippen LogP contribution in [0.2, 0.25) is 0 Å². The van der Waals surface area contributed by atoms with E-state index in [9.17, 15) is 14.7 Å². The molecule has 0 saturated carbocycles. The number of hydrogen-bond donors (Lipinski definition) is 4. The molecule has 4 heterocycles. The number of H-pyrrole nitrogens is 1. The van der Waals surface area contributed by atoms with Gasteiger partial charge in [-0.05, 0) is 30.9 Å². The van der Waals surface area contributed by atoms with Crippen molar-refractivity contribution < 1.29 is 14.7 Å². The van der Waals surface area contributed by atoms with Crippen molar-refractivity contribution in [1.29, 1.82) is 0 Å². The van der Waals surface area contributed by atoms with Gasteiger partial charge in [0.25, 0.3) is 5.91 Å². The van der Waals surface area contributed by atoms with Crippen LogP contribution in [0.4, 0.5) is 10.6 Å². The summed E-state index contributed by atoms with van der Waals surface area (Å²) in [7, 11) is 0. The molecule has 2 amide bonds. The standard InChI is InChI=1S/C25H30N6O3/c1-13-22(29-18-9-11-31(24(33)34)21(18)25(2,3)4)30-20-14(6-5-7-17(20)27-13)19-12-15-16(28-19)8-10-26-23(15)32/h5-7,12,18,21,28H,8-11H2,1-4H3,(H,26,32)(H,29,30)(H,33,34)/t18?,21-/m1/s1. The number of nitrogens with zero attached hydrogens (tertiary/aromatic N) is 3. The van der Waals surface area contributed by atoms with Crippen LogP contribution >= 0.6 is 0 Å². The SMILES string of the molecule is Cc1nc2cccc(-c3cc4c([nH]3)CCNC4=O)c2nc1NC1CCN(C(=O)O)[C@H]1C(C)(C)C. The highest BCUT2D eigenvalue weighted by molar-refractivity contribution is 5.99. The van der Waals surface area contributed by atoms with Gasteiger partial charge in [0.15, 0.2) is 0 Å². The molecule has 1 unspecified atom stereocenters. The number of aryl methyl sites for hydroxylation is 1. The Bertz CT molecular complexity index is 1290. The zero-order valence-corrected chi connectivity index (χ0v) is 19.9. The maximum atomic E-state index is 12.3. The minimum atomic E-state index is -0.896. The van der Waals surface area contributed by atoms with Crippen LogP contribution in [-0.4, -0.2) is 62.1 Å². The number of carbonyl (C=O) groups excluding carboxylic acids is 1. The molecule has 34 heavy (non-hydrogen) atoms. The summed E-state index contributed by atoms with van der Waals surface area (Å²) < 4.78 is 0. The lowest BCUT2D eigenvalue weighted by atomic mass is 9.82. The average Bonchev–Trinajstić information content (AvgIpc) is 3.39. The highest BCUT2D eigenvalue weighted by Crippen LogP contribution is 2.36. The van der Waals surface area contributed by atoms with E-state index in [1.807, 2.05) is 31.2 Å². The lowest BCUT2D eigenvalue weighted by Crippen LogP contribution is -2.49. The van der Waals surface area contributed by atoms with Gasteiger partial charge in [-0.15, -0.1) is 0 Å². The van der Waals surface area contributed by atoms with E-state index in [0.717, 1.165) is 40.1 Å². The molecule has 9 nitrogen and oxygen atoms in total. The predicted octanol–water partition coefficient (Wildman–Crippen LogP) is 3.80. The maximum Gasteiger partial charge on any atom is 0.407 e. The van der Waals surface area contributed by atoms with Crippen LogP contribution in [-0.2, 0) is 6.42 Å². The molecule has 0 bridgehead atoms. The Morgan fingerprint density at radius 2 is 2.03 bits per heavy atom. The Balaban J connectivity index is 1.54. The summed E-state index contributed by atoms with van der Waals surface area (Å²) in [6.45, 7) is 9.21. The van der Waals surface area contributed by atoms with Crippen molar-refractivity contribution >= 4 is 28.9 Å². The molecule has 5 rings (SSSR count). The number of aromatic nitrogens is 3. The van der Waals surface area contributed by atoms with Crippen LogP contribution in [0.1, 0.15) is 48.9 Å². The third-order valence-corrected chi connectivity index (χ3v) is 6.82. The predicted molar refractivity (Wildman–Crippen MR) is 130 cm³/mol. The summed E-state index contributed by atoms with van der Waals surface area (Å²) in [5.74, 6) is 0.589. The minimum absolute atomic E-state index is 0.0642. The first-order valence-electron chi connectivity index (χ1n) is 11.7. The maximum absolute atomic E-state index is 12.3. The molecule has 2 atom stereocenters. The molecule has 1 fully saturated rings. The fourth-order valence-corrected chi connectivity index (χ4v) is 5.36. The lowest BCUT2D eigenvalue weighted by Gasteiger charge is -2.37. The van der Waals surface area contributed by atoms with E-state index in [2.05, 4.69) is 36.4 Å². The number of nitrogens with one attached hydrogen (secondary N) is 3. The third kappa shape index (κ3) is 3.74. The number of benzene rings is 1. The van der Waals surface area contributed by atoms with Crippen LogP contribution in [0.15, 0.2) is 24.3 Å². The fraction of sp³-hybridized carbons (Fsp3) is 0.440. The Morgan fingerprint density at radius 1 is 1.24 bits per heavy atom. The third-order valence-electron chi connectivity index (χ3n) is 6.82. The average molecular weight is 463 g/mol. The number of amides is 2. The van der Waals surface area contributed by atoms with E-state index in [1.165, 1.54) is 4.90 Å². The van der Waals surface area contributed by atoms with Crippen molar-refractivity contribution in [2.45, 2.75) is 52.6 Å². The second kappa shape index (κ2) is 8.00. The van der Waals surface area contributed by atoms with E-state index < -0.39 is 6.09 Å². The number of fused-ring (bicyclic) bond motifs is 2. The second-order valence-electron chi connectivity index (χ2n) is 10.2. The van der Waals surface area contributed by atoms with Crippen LogP contribution in [0.25, 0.3) is 22.3 Å². The van der Waals surface area contributed by atoms with Crippen LogP contribution in [0.3, 0.4) is 0 Å². The highest BCUT2D eigenvalue weighted by atomic mass is 16.4. The van der Waals surface area contributed by atoms with Crippen molar-refractivity contribution in [3.63, 3.8) is 0 Å². The number of aromatic amines is 1. The van der Waals surface area contributed by atoms with Crippen molar-refractivity contribution in [3.8, 4) is 11.3 Å². The second-order valence-corrected chi connectivity index (χ2v) is 10.2. The van der Waals surface area contributed by atoms with Crippen molar-refractivity contribution in [2.75, 3.05) is 18.4 Å². The number of carbonyl (C=O) groups is 2. The quantitative estimate of drug-likeness (QED) is 0.470. The molecule has 0 radical (unpaired) electrons. The molecule has 3 aromatic rings. The molecule has 2 aliphatic heterocycles. The molecule has 0 spiro atoms. The monoisotopic (exact) mass is 462 g/mol. The van der Waals surface area contributed by atoms with Crippen LogP contribution in [0.5, 0.6) is 0 Å². The normalized spacial score (nSPS) is 20.4. The molecule has 1 aromatic carbocycles. The van der Waals surface area contributed by atoms with Crippen molar-refractivity contribution in [1.82, 2.24) is 25.2 Å². The van der Waals surface area contributed by atoms with Gasteiger partial charge in [-0.25, -0.2) is 14.8 Å². The molecule has 2 aromatic heterocycles. The highest BCUT2D eigenvalue weighted by Gasteiger charge is 2.44. The summed E-state index contributed by atoms with van der Waals surface area (Å²) in [4.78, 5) is 38.8. The Morgan fingerprint density at radius 3 is 2.74 bits per heavy atom. The largest absolute Gasteiger partial charge is 0.465 e. The van der Waals surface area contributed by atoms with Gasteiger partial charge in [0.2, 0.25) is 0 Å². The summed E-state index contributed by atoms with van der Waals surface area (Å²) in [5.41, 5.74) is 5.34. The van der Waals surface area contributed by atoms with Crippen LogP contribution < -0.4 is 10.6 Å². The zero-order chi connectivity index (χ0) is 24.2. The molecule has 178 valence electrons. The van der Waals surface area contributed by atoms with Crippen LogP contribution in [0, 0.1) is 12.3 Å². The lowest BCUT2D eigenvalue weighted by molar-refractivity contribution is 0.0945. The van der Waals surface area contributed by atoms with Gasteiger partial charge in [0.05, 0.1) is 28.9 Å². The summed E-state index contributed by atoms with van der Waals surface area (Å²) >= 11 is 0. The molecule has 4 N–H and O–H groups in total. The Kier molecular flexibility index (Phi) is 5.22. The van der Waals surface area contributed by atoms with Gasteiger partial charge in [-0.1, -0.05) is 32.9 Å². The molecular weight excluding hydrogens is 432 g/mol. The van der Waals surface area contributed by atoms with Crippen molar-refractivity contribution in [2.24, 2.45) is 5.41 Å². The molecular formula is C25H30N6O3. The molecule has 1 saturated heterocycles. The molecule has 2 aliphatic rings. The van der Waals surface area contributed by atoms with Gasteiger partial charge < -0.3 is 25.6 Å². The Labute approximate surface area is 198 Å². The number of carboxylic acid groups (broad SMARTS) is 1. The number of anilines is 1. The van der Waals surface area contributed by atoms with Crippen molar-refractivity contribution in [3.05, 3.63) is 41.2 Å². The number of para-hydroxylation sites is 1. The number of hydrogen-bond acceptors (Lipinski definition) is 5. The fourth-order valence-electron chi connectivity index (χ4n) is 5.36. The molecule has 9 heteroatoms. The van der Waals surface area contributed by atoms with E-state index in [0.29, 0.717) is 30.9 Å². The topological polar surface area (TPSA) is 123 Å². The Hall–Kier alpha value is -3.62. The number of rotatable bonds is 3. The first-order valence-corrected chi connectivity index (χ1v) is 11.7. The first kappa shape index (κ1) is 22.2. The van der Waals surface area contributed by atoms with E-state index >= 15 is 0 Å². The van der Waals surface area contributed by atoms with Gasteiger partial charge in [0, 0.05) is 36.5 Å². The van der Waals surface area contributed by atoms with Gasteiger partial charge >= 0.3 is 6.09 Å². The van der Waals surface area contributed by atoms with E-state index in [-0.39, 0.29) is 23.4 Å². The van der Waals surface area contributed by atoms with E-state index in [4.69, 9.17) is 9.97 Å². The van der Waals surface area contributed by atoms with Gasteiger partial charge in [0.1, 0.15) is 11.3 Å². The summed E-state index contributed by atoms with van der Waals surface area (Å²) in [5, 5.41) is 16.1. The first-order chi connectivity index (χ1) is 16.1. The minimum Gasteiger partial charge on any atom is -0.465 e. The summed E-state index contributed by atoms with van der Waals surface area (Å²) in [6, 6.07) is 7.46. The van der Waals surface area contributed by atoms with Gasteiger partial charge in [-0.3, -0.25) is 4.79 Å². The number of likely N-dealkylation sites (tertiary alicyclic amines) is 1. The van der Waals surface area contributed by atoms with E-state index in [1.54, 1.807) is 0 Å². The summed E-state index contributed by atoms with van der Waals surface area (Å²) in [6.07, 6.45) is 0.569. The smallest absolute Gasteiger partial charge is 0.407 e. The zero-order valence-electron chi connectivity index (χ0n) is 19.9. The molecule has 0 aliphatic carbocycles. The van der Waals surface area contributed by atoms with Gasteiger partial charge in [-0.2, -0.15) is 0 Å².